The van der Waals surface area contributed by atoms with Gasteiger partial charge in [0, 0.05) is 18.0 Å². The molecule has 14 heavy (non-hydrogen) atoms. The molecule has 2 N–H and O–H groups in total. The van der Waals surface area contributed by atoms with E-state index in [0.717, 1.165) is 24.3 Å². The SMILES string of the molecule is Cc1cc2c(cc1C)[C@H](N)CCO2.Cl. The average molecular weight is 214 g/mol. The molecule has 0 unspecified atom stereocenters. The van der Waals surface area contributed by atoms with Crippen molar-refractivity contribution in [1.82, 2.24) is 0 Å². The van der Waals surface area contributed by atoms with E-state index in [2.05, 4.69) is 26.0 Å². The highest BCUT2D eigenvalue weighted by molar-refractivity contribution is 5.85. The first-order valence-electron chi connectivity index (χ1n) is 4.68. The van der Waals surface area contributed by atoms with E-state index in [1.165, 1.54) is 11.1 Å². The van der Waals surface area contributed by atoms with Gasteiger partial charge in [0.1, 0.15) is 5.75 Å². The molecule has 2 rings (SSSR count). The molecule has 78 valence electrons. The molecule has 1 aliphatic heterocycles. The third-order valence-corrected chi connectivity index (χ3v) is 2.71. The minimum Gasteiger partial charge on any atom is -0.493 e. The number of halogens is 1. The van der Waals surface area contributed by atoms with Crippen molar-refractivity contribution in [2.75, 3.05) is 6.61 Å². The van der Waals surface area contributed by atoms with Gasteiger partial charge in [-0.05, 0) is 31.0 Å². The minimum atomic E-state index is 0. The van der Waals surface area contributed by atoms with Gasteiger partial charge in [-0.1, -0.05) is 6.07 Å². The van der Waals surface area contributed by atoms with Crippen molar-refractivity contribution in [2.24, 2.45) is 5.73 Å². The standard InChI is InChI=1S/C11H15NO.ClH/c1-7-5-9-10(12)3-4-13-11(9)6-8(7)2;/h5-6,10H,3-4,12H2,1-2H3;1H/t10-;/m1./s1. The van der Waals surface area contributed by atoms with Crippen LogP contribution in [-0.2, 0) is 0 Å². The Morgan fingerprint density at radius 2 is 1.93 bits per heavy atom. The van der Waals surface area contributed by atoms with Crippen molar-refractivity contribution < 1.29 is 4.74 Å². The molecule has 0 radical (unpaired) electrons. The van der Waals surface area contributed by atoms with Gasteiger partial charge in [-0.2, -0.15) is 0 Å². The van der Waals surface area contributed by atoms with Gasteiger partial charge in [0.05, 0.1) is 6.61 Å². The maximum absolute atomic E-state index is 5.99. The highest BCUT2D eigenvalue weighted by atomic mass is 35.5. The first kappa shape index (κ1) is 11.3. The number of benzene rings is 1. The lowest BCUT2D eigenvalue weighted by Crippen LogP contribution is -2.20. The predicted molar refractivity (Wildman–Crippen MR) is 60.2 cm³/mol. The van der Waals surface area contributed by atoms with E-state index in [9.17, 15) is 0 Å². The molecule has 1 heterocycles. The summed E-state index contributed by atoms with van der Waals surface area (Å²) in [6, 6.07) is 4.39. The van der Waals surface area contributed by atoms with Crippen LogP contribution in [0.1, 0.15) is 29.2 Å². The number of hydrogen-bond donors (Lipinski definition) is 1. The van der Waals surface area contributed by atoms with Crippen LogP contribution in [0.2, 0.25) is 0 Å². The van der Waals surface area contributed by atoms with Crippen molar-refractivity contribution in [3.63, 3.8) is 0 Å². The van der Waals surface area contributed by atoms with Gasteiger partial charge in [0.2, 0.25) is 0 Å². The smallest absolute Gasteiger partial charge is 0.124 e. The Hall–Kier alpha value is -0.730. The minimum absolute atomic E-state index is 0. The van der Waals surface area contributed by atoms with Gasteiger partial charge in [-0.15, -0.1) is 12.4 Å². The quantitative estimate of drug-likeness (QED) is 0.719. The summed E-state index contributed by atoms with van der Waals surface area (Å²) in [5.41, 5.74) is 9.71. The second kappa shape index (κ2) is 4.20. The molecular formula is C11H16ClNO. The van der Waals surface area contributed by atoms with Gasteiger partial charge in [0.15, 0.2) is 0 Å². The van der Waals surface area contributed by atoms with Gasteiger partial charge in [0.25, 0.3) is 0 Å². The topological polar surface area (TPSA) is 35.2 Å². The molecule has 0 amide bonds. The van der Waals surface area contributed by atoms with Crippen LogP contribution in [0.25, 0.3) is 0 Å². The first-order chi connectivity index (χ1) is 6.18. The van der Waals surface area contributed by atoms with Crippen molar-refractivity contribution in [3.8, 4) is 5.75 Å². The van der Waals surface area contributed by atoms with E-state index in [0.29, 0.717) is 0 Å². The average Bonchev–Trinajstić information content (AvgIpc) is 2.09. The van der Waals surface area contributed by atoms with Crippen molar-refractivity contribution >= 4 is 12.4 Å². The number of fused-ring (bicyclic) bond motifs is 1. The third kappa shape index (κ3) is 1.86. The van der Waals surface area contributed by atoms with E-state index in [1.54, 1.807) is 0 Å². The van der Waals surface area contributed by atoms with Crippen molar-refractivity contribution in [2.45, 2.75) is 26.3 Å². The summed E-state index contributed by atoms with van der Waals surface area (Å²) in [4.78, 5) is 0. The molecule has 0 bridgehead atoms. The summed E-state index contributed by atoms with van der Waals surface area (Å²) in [5.74, 6) is 0.974. The van der Waals surface area contributed by atoms with Gasteiger partial charge in [-0.25, -0.2) is 0 Å². The Bertz CT molecular complexity index is 338. The monoisotopic (exact) mass is 213 g/mol. The number of rotatable bonds is 0. The molecule has 2 nitrogen and oxygen atoms in total. The Morgan fingerprint density at radius 1 is 1.29 bits per heavy atom. The summed E-state index contributed by atoms with van der Waals surface area (Å²) in [6.45, 7) is 4.95. The fourth-order valence-electron chi connectivity index (χ4n) is 1.68. The molecule has 0 saturated carbocycles. The van der Waals surface area contributed by atoms with Crippen LogP contribution in [0.15, 0.2) is 12.1 Å². The van der Waals surface area contributed by atoms with Gasteiger partial charge in [-0.3, -0.25) is 0 Å². The summed E-state index contributed by atoms with van der Waals surface area (Å²) in [5, 5.41) is 0. The van der Waals surface area contributed by atoms with Gasteiger partial charge < -0.3 is 10.5 Å². The molecule has 0 spiro atoms. The highest BCUT2D eigenvalue weighted by Gasteiger charge is 2.18. The Labute approximate surface area is 90.9 Å². The molecule has 0 fully saturated rings. The van der Waals surface area contributed by atoms with E-state index < -0.39 is 0 Å². The van der Waals surface area contributed by atoms with Crippen LogP contribution in [0.3, 0.4) is 0 Å². The molecule has 1 atom stereocenters. The van der Waals surface area contributed by atoms with Crippen LogP contribution in [0, 0.1) is 13.8 Å². The molecular weight excluding hydrogens is 198 g/mol. The van der Waals surface area contributed by atoms with Crippen LogP contribution < -0.4 is 10.5 Å². The third-order valence-electron chi connectivity index (χ3n) is 2.71. The van der Waals surface area contributed by atoms with Crippen molar-refractivity contribution in [3.05, 3.63) is 28.8 Å². The molecule has 1 aromatic carbocycles. The fourth-order valence-corrected chi connectivity index (χ4v) is 1.68. The van der Waals surface area contributed by atoms with Crippen LogP contribution in [-0.4, -0.2) is 6.61 Å². The normalized spacial score (nSPS) is 19.2. The summed E-state index contributed by atoms with van der Waals surface area (Å²) < 4.78 is 5.55. The molecule has 3 heteroatoms. The second-order valence-electron chi connectivity index (χ2n) is 3.72. The number of nitrogens with two attached hydrogens (primary N) is 1. The zero-order valence-electron chi connectivity index (χ0n) is 8.54. The summed E-state index contributed by atoms with van der Waals surface area (Å²) >= 11 is 0. The lowest BCUT2D eigenvalue weighted by molar-refractivity contribution is 0.268. The number of hydrogen-bond acceptors (Lipinski definition) is 2. The Morgan fingerprint density at radius 3 is 2.64 bits per heavy atom. The van der Waals surface area contributed by atoms with E-state index in [-0.39, 0.29) is 18.4 Å². The lowest BCUT2D eigenvalue weighted by atomic mass is 9.97. The fraction of sp³-hybridized carbons (Fsp3) is 0.455. The van der Waals surface area contributed by atoms with E-state index >= 15 is 0 Å². The molecule has 1 aliphatic rings. The van der Waals surface area contributed by atoms with E-state index in [1.807, 2.05) is 0 Å². The molecule has 0 aromatic heterocycles. The largest absolute Gasteiger partial charge is 0.493 e. The Balaban J connectivity index is 0.000000980. The van der Waals surface area contributed by atoms with E-state index in [4.69, 9.17) is 10.5 Å². The molecule has 1 aromatic rings. The number of aryl methyl sites for hydroxylation is 2. The maximum atomic E-state index is 5.99. The second-order valence-corrected chi connectivity index (χ2v) is 3.72. The van der Waals surface area contributed by atoms with Crippen molar-refractivity contribution in [1.29, 1.82) is 0 Å². The first-order valence-corrected chi connectivity index (χ1v) is 4.68. The Kier molecular flexibility index (Phi) is 3.40. The molecule has 0 aliphatic carbocycles. The van der Waals surface area contributed by atoms with Crippen LogP contribution in [0.5, 0.6) is 5.75 Å². The predicted octanol–water partition coefficient (Wildman–Crippen LogP) is 2.51. The summed E-state index contributed by atoms with van der Waals surface area (Å²) in [6.07, 6.45) is 0.926. The zero-order valence-corrected chi connectivity index (χ0v) is 9.36. The van der Waals surface area contributed by atoms with Crippen LogP contribution in [0.4, 0.5) is 0 Å². The highest BCUT2D eigenvalue weighted by Crippen LogP contribution is 2.32. The van der Waals surface area contributed by atoms with Crippen LogP contribution >= 0.6 is 12.4 Å². The summed E-state index contributed by atoms with van der Waals surface area (Å²) in [7, 11) is 0. The molecule has 0 saturated heterocycles. The zero-order chi connectivity index (χ0) is 9.42. The lowest BCUT2D eigenvalue weighted by Gasteiger charge is -2.24. The van der Waals surface area contributed by atoms with Gasteiger partial charge >= 0.3 is 0 Å². The number of ether oxygens (including phenoxy) is 1. The maximum Gasteiger partial charge on any atom is 0.124 e.